The molecule has 1 aliphatic heterocycles. The maximum atomic E-state index is 13.9. The molecule has 0 unspecified atom stereocenters. The molecule has 0 radical (unpaired) electrons. The third-order valence-electron chi connectivity index (χ3n) is 6.27. The van der Waals surface area contributed by atoms with Crippen LogP contribution in [0.15, 0.2) is 24.3 Å². The molecule has 3 rings (SSSR count). The molecule has 1 saturated heterocycles. The molecule has 1 N–H and O–H groups in total. The van der Waals surface area contributed by atoms with Crippen molar-refractivity contribution in [3.8, 4) is 0 Å². The van der Waals surface area contributed by atoms with Gasteiger partial charge in [-0.15, -0.1) is 0 Å². The first kappa shape index (κ1) is 29.2. The van der Waals surface area contributed by atoms with Crippen molar-refractivity contribution in [2.75, 3.05) is 19.6 Å². The van der Waals surface area contributed by atoms with E-state index in [1.54, 1.807) is 32.9 Å². The highest BCUT2D eigenvalue weighted by atomic mass is 19.4. The molecule has 2 atom stereocenters. The molecule has 2 heterocycles. The average molecular weight is 541 g/mol. The molecule has 0 spiro atoms. The number of hydrogen-bond donors (Lipinski definition) is 1. The number of benzene rings is 1. The first-order valence-corrected chi connectivity index (χ1v) is 12.4. The second-order valence-electron chi connectivity index (χ2n) is 11.6. The van der Waals surface area contributed by atoms with Gasteiger partial charge < -0.3 is 24.2 Å². The van der Waals surface area contributed by atoms with Gasteiger partial charge in [-0.2, -0.15) is 13.2 Å². The van der Waals surface area contributed by atoms with Crippen molar-refractivity contribution in [2.24, 2.45) is 11.3 Å². The maximum Gasteiger partial charge on any atom is 0.410 e. The van der Waals surface area contributed by atoms with Gasteiger partial charge in [0.15, 0.2) is 0 Å². The second-order valence-corrected chi connectivity index (χ2v) is 11.6. The van der Waals surface area contributed by atoms with Crippen LogP contribution in [0.5, 0.6) is 0 Å². The van der Waals surface area contributed by atoms with E-state index in [2.05, 4.69) is 4.98 Å². The van der Waals surface area contributed by atoms with E-state index in [9.17, 15) is 32.7 Å². The lowest BCUT2D eigenvalue weighted by atomic mass is 9.79. The predicted molar refractivity (Wildman–Crippen MR) is 134 cm³/mol. The summed E-state index contributed by atoms with van der Waals surface area (Å²) in [5.41, 5.74) is -1.85. The average Bonchev–Trinajstić information content (AvgIpc) is 3.12. The number of carboxylic acids is 1. The number of carbonyl (C=O) groups excluding carboxylic acids is 2. The Bertz CT molecular complexity index is 1200. The molecule has 2 amide bonds. The molecule has 9 nitrogen and oxygen atoms in total. The van der Waals surface area contributed by atoms with E-state index in [0.29, 0.717) is 0 Å². The minimum atomic E-state index is -4.61. The summed E-state index contributed by atoms with van der Waals surface area (Å²) < 4.78 is 46.9. The van der Waals surface area contributed by atoms with Gasteiger partial charge in [-0.1, -0.05) is 26.0 Å². The van der Waals surface area contributed by atoms with Gasteiger partial charge in [0.25, 0.3) is 5.91 Å². The molecule has 0 saturated carbocycles. The molecule has 1 aromatic heterocycles. The number of aliphatic carboxylic acids is 1. The van der Waals surface area contributed by atoms with Crippen molar-refractivity contribution in [3.63, 3.8) is 0 Å². The van der Waals surface area contributed by atoms with E-state index in [-0.39, 0.29) is 43.0 Å². The summed E-state index contributed by atoms with van der Waals surface area (Å²) in [6.45, 7) is 8.75. The Hall–Kier alpha value is -3.31. The summed E-state index contributed by atoms with van der Waals surface area (Å²) in [5.74, 6) is -2.41. The topological polar surface area (TPSA) is 105 Å². The van der Waals surface area contributed by atoms with Crippen molar-refractivity contribution in [1.82, 2.24) is 19.4 Å². The Morgan fingerprint density at radius 1 is 1.21 bits per heavy atom. The Balaban J connectivity index is 2.07. The van der Waals surface area contributed by atoms with Gasteiger partial charge in [0.1, 0.15) is 12.1 Å². The van der Waals surface area contributed by atoms with Crippen molar-refractivity contribution in [1.29, 1.82) is 0 Å². The van der Waals surface area contributed by atoms with Crippen LogP contribution in [-0.2, 0) is 16.1 Å². The van der Waals surface area contributed by atoms with Crippen LogP contribution in [-0.4, -0.2) is 79.9 Å². The lowest BCUT2D eigenvalue weighted by Gasteiger charge is -2.46. The van der Waals surface area contributed by atoms with Gasteiger partial charge in [0.05, 0.1) is 22.5 Å². The SMILES string of the molecule is CC(C)CN(C(=O)c1nc2ccccc2n1CC(F)(F)F)[C@@H]1CN(C(=O)OC(C)(C)C)C[C@](C)(C(=O)O)C1. The first-order valence-electron chi connectivity index (χ1n) is 12.4. The zero-order chi connectivity index (χ0) is 28.6. The minimum absolute atomic E-state index is 0.000406. The van der Waals surface area contributed by atoms with E-state index >= 15 is 0 Å². The summed E-state index contributed by atoms with van der Waals surface area (Å²) >= 11 is 0. The quantitative estimate of drug-likeness (QED) is 0.565. The number of fused-ring (bicyclic) bond motifs is 1. The van der Waals surface area contributed by atoms with Crippen LogP contribution in [0.2, 0.25) is 0 Å². The summed E-state index contributed by atoms with van der Waals surface area (Å²) in [4.78, 5) is 46.0. The number of aromatic nitrogens is 2. The van der Waals surface area contributed by atoms with Crippen LogP contribution >= 0.6 is 0 Å². The van der Waals surface area contributed by atoms with E-state index in [1.165, 1.54) is 28.9 Å². The Labute approximate surface area is 219 Å². The smallest absolute Gasteiger partial charge is 0.410 e. The van der Waals surface area contributed by atoms with Crippen LogP contribution < -0.4 is 0 Å². The highest BCUT2D eigenvalue weighted by Crippen LogP contribution is 2.34. The third-order valence-corrected chi connectivity index (χ3v) is 6.27. The highest BCUT2D eigenvalue weighted by molar-refractivity contribution is 5.95. The van der Waals surface area contributed by atoms with Crippen LogP contribution in [0.3, 0.4) is 0 Å². The van der Waals surface area contributed by atoms with Gasteiger partial charge in [-0.3, -0.25) is 9.59 Å². The molecule has 1 aliphatic rings. The monoisotopic (exact) mass is 540 g/mol. The molecule has 0 bridgehead atoms. The molecule has 210 valence electrons. The van der Waals surface area contributed by atoms with Gasteiger partial charge in [0.2, 0.25) is 5.82 Å². The number of ether oxygens (including phenoxy) is 1. The largest absolute Gasteiger partial charge is 0.481 e. The predicted octanol–water partition coefficient (Wildman–Crippen LogP) is 4.80. The molecular formula is C26H35F3N4O5. The number of piperidine rings is 1. The van der Waals surface area contributed by atoms with Gasteiger partial charge in [-0.05, 0) is 52.2 Å². The molecule has 2 aromatic rings. The van der Waals surface area contributed by atoms with Crippen molar-refractivity contribution < 1.29 is 37.4 Å². The number of alkyl halides is 3. The van der Waals surface area contributed by atoms with E-state index in [0.717, 1.165) is 4.57 Å². The molecular weight excluding hydrogens is 505 g/mol. The van der Waals surface area contributed by atoms with Crippen molar-refractivity contribution in [2.45, 2.75) is 72.3 Å². The highest BCUT2D eigenvalue weighted by Gasteiger charge is 2.47. The van der Waals surface area contributed by atoms with Crippen LogP contribution in [0.1, 0.15) is 58.6 Å². The lowest BCUT2D eigenvalue weighted by Crippen LogP contribution is -2.60. The van der Waals surface area contributed by atoms with Crippen molar-refractivity contribution >= 4 is 29.0 Å². The molecule has 0 aliphatic carbocycles. The lowest BCUT2D eigenvalue weighted by molar-refractivity contribution is -0.152. The summed E-state index contributed by atoms with van der Waals surface area (Å²) in [5, 5.41) is 10.0. The van der Waals surface area contributed by atoms with E-state index < -0.39 is 53.6 Å². The fourth-order valence-corrected chi connectivity index (χ4v) is 4.72. The molecule has 1 aromatic carbocycles. The zero-order valence-electron chi connectivity index (χ0n) is 22.5. The van der Waals surface area contributed by atoms with Crippen LogP contribution in [0.25, 0.3) is 11.0 Å². The van der Waals surface area contributed by atoms with E-state index in [1.807, 2.05) is 13.8 Å². The molecule has 1 fully saturated rings. The summed E-state index contributed by atoms with van der Waals surface area (Å²) in [7, 11) is 0. The zero-order valence-corrected chi connectivity index (χ0v) is 22.5. The fraction of sp³-hybridized carbons (Fsp3) is 0.615. The standard InChI is InChI=1S/C26H35F3N4O5/c1-16(2)12-32(17-11-25(6,22(35)36)14-31(13-17)23(37)38-24(3,4)5)21(34)20-30-18-9-7-8-10-19(18)33(20)15-26(27,28)29/h7-10,16-17H,11-15H2,1-6H3,(H,35,36)/t17-,25+/m0/s1. The van der Waals surface area contributed by atoms with Gasteiger partial charge in [-0.25, -0.2) is 9.78 Å². The summed E-state index contributed by atoms with van der Waals surface area (Å²) in [6, 6.07) is 5.37. The minimum Gasteiger partial charge on any atom is -0.481 e. The number of likely N-dealkylation sites (tertiary alicyclic amines) is 1. The number of nitrogens with zero attached hydrogens (tertiary/aromatic N) is 4. The van der Waals surface area contributed by atoms with Crippen LogP contribution in [0.4, 0.5) is 18.0 Å². The van der Waals surface area contributed by atoms with E-state index in [4.69, 9.17) is 4.74 Å². The van der Waals surface area contributed by atoms with Crippen LogP contribution in [0, 0.1) is 11.3 Å². The number of halogens is 3. The number of para-hydroxylation sites is 2. The molecule has 38 heavy (non-hydrogen) atoms. The number of carbonyl (C=O) groups is 3. The fourth-order valence-electron chi connectivity index (χ4n) is 4.72. The van der Waals surface area contributed by atoms with Gasteiger partial charge in [0, 0.05) is 19.6 Å². The summed E-state index contributed by atoms with van der Waals surface area (Å²) in [6.07, 6.45) is -5.34. The third kappa shape index (κ3) is 6.76. The Kier molecular flexibility index (Phi) is 8.05. The van der Waals surface area contributed by atoms with Gasteiger partial charge >= 0.3 is 18.2 Å². The van der Waals surface area contributed by atoms with Crippen molar-refractivity contribution in [3.05, 3.63) is 30.1 Å². The number of hydrogen-bond acceptors (Lipinski definition) is 5. The Morgan fingerprint density at radius 2 is 1.84 bits per heavy atom. The number of rotatable bonds is 6. The first-order chi connectivity index (χ1) is 17.4. The second kappa shape index (κ2) is 10.5. The Morgan fingerprint density at radius 3 is 2.39 bits per heavy atom. The normalized spacial score (nSPS) is 20.6. The number of imidazole rings is 1. The maximum absolute atomic E-state index is 13.9. The number of carboxylic acid groups (broad SMARTS) is 1. The molecule has 12 heteroatoms. The number of amides is 2.